The highest BCUT2D eigenvalue weighted by molar-refractivity contribution is 9.10. The van der Waals surface area contributed by atoms with E-state index in [9.17, 15) is 9.59 Å². The normalized spacial score (nSPS) is 12.0. The van der Waals surface area contributed by atoms with Crippen molar-refractivity contribution < 1.29 is 14.3 Å². The zero-order valence-electron chi connectivity index (χ0n) is 9.57. The van der Waals surface area contributed by atoms with Gasteiger partial charge in [0.1, 0.15) is 0 Å². The van der Waals surface area contributed by atoms with Gasteiger partial charge < -0.3 is 4.74 Å². The Morgan fingerprint density at radius 1 is 1.41 bits per heavy atom. The summed E-state index contributed by atoms with van der Waals surface area (Å²) in [6.07, 6.45) is 0. The van der Waals surface area contributed by atoms with Crippen LogP contribution in [0.4, 0.5) is 0 Å². The van der Waals surface area contributed by atoms with Crippen LogP contribution in [0, 0.1) is 0 Å². The second-order valence-electron chi connectivity index (χ2n) is 3.40. The monoisotopic (exact) mass is 316 g/mol. The van der Waals surface area contributed by atoms with E-state index in [-0.39, 0.29) is 10.6 Å². The molecule has 0 aromatic heterocycles. The Hall–Kier alpha value is -0.810. The van der Waals surface area contributed by atoms with Gasteiger partial charge in [0, 0.05) is 10.5 Å². The summed E-state index contributed by atoms with van der Waals surface area (Å²) in [5.41, 5.74) is 0.734. The molecule has 0 fully saturated rings. The van der Waals surface area contributed by atoms with E-state index in [0.29, 0.717) is 22.6 Å². The van der Waals surface area contributed by atoms with E-state index in [1.165, 1.54) is 0 Å². The molecular weight excluding hydrogens is 304 g/mol. The number of esters is 1. The molecule has 3 nitrogen and oxygen atoms in total. The van der Waals surface area contributed by atoms with Crippen molar-refractivity contribution >= 4 is 40.3 Å². The Bertz CT molecular complexity index is 443. The molecule has 92 valence electrons. The smallest absolute Gasteiger partial charge is 0.339 e. The maximum atomic E-state index is 11.9. The Labute approximate surface area is 114 Å². The predicted octanol–water partition coefficient (Wildman–Crippen LogP) is 3.12. The molecule has 1 unspecified atom stereocenters. The number of benzene rings is 1. The quantitative estimate of drug-likeness (QED) is 0.402. The van der Waals surface area contributed by atoms with Crippen molar-refractivity contribution in [3.63, 3.8) is 0 Å². The first kappa shape index (κ1) is 14.3. The molecule has 0 heterocycles. The lowest BCUT2D eigenvalue weighted by Crippen LogP contribution is -2.13. The Balaban J connectivity index is 3.16. The minimum atomic E-state index is -0.464. The van der Waals surface area contributed by atoms with E-state index in [2.05, 4.69) is 28.6 Å². The van der Waals surface area contributed by atoms with Crippen LogP contribution in [0.2, 0.25) is 0 Å². The first-order valence-electron chi connectivity index (χ1n) is 5.16. The summed E-state index contributed by atoms with van der Waals surface area (Å²) in [7, 11) is 0. The van der Waals surface area contributed by atoms with Crippen LogP contribution in [0.15, 0.2) is 23.1 Å². The summed E-state index contributed by atoms with van der Waals surface area (Å²) in [5, 5.41) is 0. The lowest BCUT2D eigenvalue weighted by molar-refractivity contribution is 0.0522. The standard InChI is InChI=1S/C12H13BrO3S/c1-3-16-12(15)9-6-4-5-8(11(9)17)10(14)7(2)13/h4-7,17H,3H2,1-2H3. The number of Topliss-reactive ketones (excluding diaryl/α,β-unsaturated/α-hetero) is 1. The van der Waals surface area contributed by atoms with E-state index >= 15 is 0 Å². The summed E-state index contributed by atoms with van der Waals surface area (Å²) in [6, 6.07) is 4.88. The maximum absolute atomic E-state index is 11.9. The molecule has 1 rings (SSSR count). The third kappa shape index (κ3) is 3.33. The van der Waals surface area contributed by atoms with Gasteiger partial charge in [0.15, 0.2) is 5.78 Å². The van der Waals surface area contributed by atoms with Gasteiger partial charge in [-0.25, -0.2) is 4.79 Å². The van der Waals surface area contributed by atoms with Crippen LogP contribution in [-0.2, 0) is 4.74 Å². The molecule has 17 heavy (non-hydrogen) atoms. The van der Waals surface area contributed by atoms with Crippen LogP contribution in [0.3, 0.4) is 0 Å². The number of hydrogen-bond donors (Lipinski definition) is 1. The van der Waals surface area contributed by atoms with E-state index in [1.807, 2.05) is 0 Å². The van der Waals surface area contributed by atoms with Gasteiger partial charge in [-0.15, -0.1) is 12.6 Å². The average Bonchev–Trinajstić information content (AvgIpc) is 2.28. The topological polar surface area (TPSA) is 43.4 Å². The number of rotatable bonds is 4. The summed E-state index contributed by atoms with van der Waals surface area (Å²) in [4.78, 5) is 23.5. The number of carbonyl (C=O) groups is 2. The fourth-order valence-corrected chi connectivity index (χ4v) is 1.93. The summed E-state index contributed by atoms with van der Waals surface area (Å²) >= 11 is 7.44. The van der Waals surface area contributed by atoms with Crippen molar-refractivity contribution in [2.24, 2.45) is 0 Å². The molecule has 1 aromatic carbocycles. The number of carbonyl (C=O) groups excluding carboxylic acids is 2. The molecule has 0 spiro atoms. The molecule has 0 radical (unpaired) electrons. The molecule has 0 saturated carbocycles. The van der Waals surface area contributed by atoms with E-state index < -0.39 is 5.97 Å². The van der Waals surface area contributed by atoms with Gasteiger partial charge in [0.05, 0.1) is 17.0 Å². The predicted molar refractivity (Wildman–Crippen MR) is 72.4 cm³/mol. The molecule has 1 atom stereocenters. The molecule has 0 aliphatic rings. The van der Waals surface area contributed by atoms with Gasteiger partial charge in [-0.3, -0.25) is 4.79 Å². The molecular formula is C12H13BrO3S. The van der Waals surface area contributed by atoms with Gasteiger partial charge >= 0.3 is 5.97 Å². The molecule has 0 aliphatic carbocycles. The maximum Gasteiger partial charge on any atom is 0.339 e. The van der Waals surface area contributed by atoms with E-state index in [1.54, 1.807) is 32.0 Å². The second-order valence-corrected chi connectivity index (χ2v) is 5.22. The zero-order chi connectivity index (χ0) is 13.0. The van der Waals surface area contributed by atoms with Crippen LogP contribution in [0.5, 0.6) is 0 Å². The Kier molecular flexibility index (Phi) is 5.21. The molecule has 0 N–H and O–H groups in total. The Morgan fingerprint density at radius 2 is 2.00 bits per heavy atom. The zero-order valence-corrected chi connectivity index (χ0v) is 12.0. The number of halogens is 1. The average molecular weight is 317 g/mol. The van der Waals surface area contributed by atoms with Crippen LogP contribution in [-0.4, -0.2) is 23.2 Å². The first-order chi connectivity index (χ1) is 7.99. The number of ketones is 1. The molecule has 0 bridgehead atoms. The first-order valence-corrected chi connectivity index (χ1v) is 6.52. The summed E-state index contributed by atoms with van der Waals surface area (Å²) in [5.74, 6) is -0.574. The highest BCUT2D eigenvalue weighted by Crippen LogP contribution is 2.23. The molecule has 1 aromatic rings. The molecule has 0 aliphatic heterocycles. The van der Waals surface area contributed by atoms with Crippen LogP contribution >= 0.6 is 28.6 Å². The lowest BCUT2D eigenvalue weighted by Gasteiger charge is -2.10. The third-order valence-electron chi connectivity index (χ3n) is 2.16. The largest absolute Gasteiger partial charge is 0.462 e. The Morgan fingerprint density at radius 3 is 2.53 bits per heavy atom. The number of ether oxygens (including phenoxy) is 1. The van der Waals surface area contributed by atoms with Crippen molar-refractivity contribution in [2.45, 2.75) is 23.6 Å². The van der Waals surface area contributed by atoms with E-state index in [4.69, 9.17) is 4.74 Å². The fourth-order valence-electron chi connectivity index (χ4n) is 1.33. The fraction of sp³-hybridized carbons (Fsp3) is 0.333. The number of thiol groups is 1. The van der Waals surface area contributed by atoms with Crippen molar-refractivity contribution in [3.8, 4) is 0 Å². The highest BCUT2D eigenvalue weighted by atomic mass is 79.9. The second kappa shape index (κ2) is 6.21. The number of hydrogen-bond acceptors (Lipinski definition) is 4. The molecule has 5 heteroatoms. The van der Waals surface area contributed by atoms with Gasteiger partial charge in [0.2, 0.25) is 0 Å². The van der Waals surface area contributed by atoms with Crippen molar-refractivity contribution in [1.29, 1.82) is 0 Å². The van der Waals surface area contributed by atoms with Crippen LogP contribution < -0.4 is 0 Å². The number of alkyl halides is 1. The molecule has 0 amide bonds. The van der Waals surface area contributed by atoms with Gasteiger partial charge in [-0.2, -0.15) is 0 Å². The van der Waals surface area contributed by atoms with Crippen molar-refractivity contribution in [2.75, 3.05) is 6.61 Å². The van der Waals surface area contributed by atoms with E-state index in [0.717, 1.165) is 0 Å². The SMILES string of the molecule is CCOC(=O)c1cccc(C(=O)C(C)Br)c1S. The van der Waals surface area contributed by atoms with Gasteiger partial charge in [-0.1, -0.05) is 28.1 Å². The van der Waals surface area contributed by atoms with Crippen molar-refractivity contribution in [1.82, 2.24) is 0 Å². The molecule has 0 saturated heterocycles. The summed E-state index contributed by atoms with van der Waals surface area (Å²) < 4.78 is 4.89. The van der Waals surface area contributed by atoms with Crippen molar-refractivity contribution in [3.05, 3.63) is 29.3 Å². The minimum absolute atomic E-state index is 0.110. The lowest BCUT2D eigenvalue weighted by atomic mass is 10.1. The summed E-state index contributed by atoms with van der Waals surface area (Å²) in [6.45, 7) is 3.75. The van der Waals surface area contributed by atoms with Crippen LogP contribution in [0.25, 0.3) is 0 Å². The third-order valence-corrected chi connectivity index (χ3v) is 3.06. The van der Waals surface area contributed by atoms with Gasteiger partial charge in [-0.05, 0) is 19.9 Å². The van der Waals surface area contributed by atoms with Crippen LogP contribution in [0.1, 0.15) is 34.6 Å². The van der Waals surface area contributed by atoms with Gasteiger partial charge in [0.25, 0.3) is 0 Å². The minimum Gasteiger partial charge on any atom is -0.462 e. The highest BCUT2D eigenvalue weighted by Gasteiger charge is 2.19.